The number of nitrogens with one attached hydrogen (secondary N) is 1. The fraction of sp³-hybridized carbons (Fsp3) is 0.296. The first-order valence-corrected chi connectivity index (χ1v) is 13.0. The van der Waals surface area contributed by atoms with Gasteiger partial charge in [-0.2, -0.15) is 0 Å². The number of methoxy groups -OCH3 is 1. The minimum atomic E-state index is -3.90. The lowest BCUT2D eigenvalue weighted by Gasteiger charge is -2.22. The fourth-order valence-corrected chi connectivity index (χ4v) is 5.62. The van der Waals surface area contributed by atoms with Crippen LogP contribution in [0.2, 0.25) is 0 Å². The first kappa shape index (κ1) is 24.8. The van der Waals surface area contributed by atoms with Crippen LogP contribution in [-0.2, 0) is 16.6 Å². The highest BCUT2D eigenvalue weighted by molar-refractivity contribution is 7.92. The summed E-state index contributed by atoms with van der Waals surface area (Å²) in [4.78, 5) is 15.5. The molecule has 1 aliphatic rings. The van der Waals surface area contributed by atoms with Crippen LogP contribution < -0.4 is 14.4 Å². The molecule has 0 bridgehead atoms. The smallest absolute Gasteiger partial charge is 0.264 e. The maximum Gasteiger partial charge on any atom is 0.264 e. The van der Waals surface area contributed by atoms with E-state index in [1.54, 1.807) is 30.3 Å². The predicted molar refractivity (Wildman–Crippen MR) is 137 cm³/mol. The van der Waals surface area contributed by atoms with Gasteiger partial charge >= 0.3 is 0 Å². The van der Waals surface area contributed by atoms with Gasteiger partial charge in [0.2, 0.25) is 0 Å². The molecule has 0 unspecified atom stereocenters. The van der Waals surface area contributed by atoms with E-state index in [2.05, 4.69) is 22.3 Å². The predicted octanol–water partition coefficient (Wildman–Crippen LogP) is 3.83. The van der Waals surface area contributed by atoms with E-state index in [-0.39, 0.29) is 16.8 Å². The van der Waals surface area contributed by atoms with Crippen molar-refractivity contribution >= 4 is 21.6 Å². The number of rotatable bonds is 8. The van der Waals surface area contributed by atoms with Crippen LogP contribution in [0.3, 0.4) is 0 Å². The normalized spacial score (nSPS) is 16.1. The van der Waals surface area contributed by atoms with Crippen molar-refractivity contribution in [1.82, 2.24) is 10.2 Å². The van der Waals surface area contributed by atoms with Crippen LogP contribution in [-0.4, -0.2) is 52.5 Å². The molecule has 184 valence electrons. The van der Waals surface area contributed by atoms with Gasteiger partial charge in [0.15, 0.2) is 0 Å². The Labute approximate surface area is 207 Å². The molecule has 1 fully saturated rings. The van der Waals surface area contributed by atoms with Crippen molar-refractivity contribution < 1.29 is 17.9 Å². The molecule has 35 heavy (non-hydrogen) atoms. The van der Waals surface area contributed by atoms with Gasteiger partial charge in [-0.25, -0.2) is 8.42 Å². The zero-order valence-electron chi connectivity index (χ0n) is 20.3. The van der Waals surface area contributed by atoms with E-state index in [0.717, 1.165) is 31.6 Å². The number of hydrogen-bond donors (Lipinski definition) is 1. The molecule has 0 saturated carbocycles. The van der Waals surface area contributed by atoms with Gasteiger partial charge in [0.05, 0.1) is 17.7 Å². The maximum absolute atomic E-state index is 13.4. The van der Waals surface area contributed by atoms with Gasteiger partial charge in [-0.15, -0.1) is 0 Å². The third kappa shape index (κ3) is 5.49. The minimum Gasteiger partial charge on any atom is -0.495 e. The second kappa shape index (κ2) is 10.5. The van der Waals surface area contributed by atoms with Gasteiger partial charge in [0.1, 0.15) is 5.75 Å². The average molecular weight is 494 g/mol. The summed E-state index contributed by atoms with van der Waals surface area (Å²) in [6.07, 6.45) is 0.853. The molecule has 1 heterocycles. The summed E-state index contributed by atoms with van der Waals surface area (Å²) in [6.45, 7) is 4.31. The molecule has 1 amide bonds. The number of benzene rings is 3. The third-order valence-corrected chi connectivity index (χ3v) is 8.16. The second-order valence-corrected chi connectivity index (χ2v) is 10.8. The second-order valence-electron chi connectivity index (χ2n) is 8.80. The summed E-state index contributed by atoms with van der Waals surface area (Å²) in [5.41, 5.74) is 2.75. The molecule has 3 aromatic rings. The number of likely N-dealkylation sites (tertiary alicyclic amines) is 1. The Hall–Kier alpha value is -3.36. The molecular formula is C27H31N3O4S. The molecule has 3 aromatic carbocycles. The topological polar surface area (TPSA) is 78.9 Å². The molecule has 8 heteroatoms. The Morgan fingerprint density at radius 2 is 1.80 bits per heavy atom. The number of carbonyl (C=O) groups is 1. The van der Waals surface area contributed by atoms with E-state index >= 15 is 0 Å². The lowest BCUT2D eigenvalue weighted by atomic mass is 10.1. The zero-order chi connectivity index (χ0) is 25.0. The quantitative estimate of drug-likeness (QED) is 0.516. The van der Waals surface area contributed by atoms with Crippen molar-refractivity contribution in [2.75, 3.05) is 31.6 Å². The monoisotopic (exact) mass is 493 g/mol. The summed E-state index contributed by atoms with van der Waals surface area (Å²) in [5.74, 6) is 0.191. The van der Waals surface area contributed by atoms with E-state index in [4.69, 9.17) is 4.74 Å². The number of para-hydroxylation sites is 2. The number of hydrogen-bond acceptors (Lipinski definition) is 5. The van der Waals surface area contributed by atoms with Gasteiger partial charge in [-0.05, 0) is 48.7 Å². The first-order chi connectivity index (χ1) is 16.8. The SMILES string of the molecule is COc1ccccc1N(C)S(=O)(=O)c1ccc(C)c(C(=O)N[C@@H]2CCN(Cc3ccccc3)C2)c1. The van der Waals surface area contributed by atoms with Gasteiger partial charge in [-0.1, -0.05) is 48.5 Å². The molecule has 1 saturated heterocycles. The van der Waals surface area contributed by atoms with Gasteiger partial charge in [-0.3, -0.25) is 14.0 Å². The highest BCUT2D eigenvalue weighted by Crippen LogP contribution is 2.31. The molecule has 1 N–H and O–H groups in total. The van der Waals surface area contributed by atoms with Crippen molar-refractivity contribution in [2.24, 2.45) is 0 Å². The number of carbonyl (C=O) groups excluding carboxylic acids is 1. The number of ether oxygens (including phenoxy) is 1. The van der Waals surface area contributed by atoms with Crippen molar-refractivity contribution in [3.8, 4) is 5.75 Å². The Balaban J connectivity index is 1.48. The van der Waals surface area contributed by atoms with Crippen molar-refractivity contribution in [3.05, 3.63) is 89.5 Å². The lowest BCUT2D eigenvalue weighted by molar-refractivity contribution is 0.0937. The summed E-state index contributed by atoms with van der Waals surface area (Å²) in [5, 5.41) is 3.10. The Kier molecular flexibility index (Phi) is 7.42. The number of nitrogens with zero attached hydrogens (tertiary/aromatic N) is 2. The Morgan fingerprint density at radius 3 is 2.54 bits per heavy atom. The standard InChI is InChI=1S/C27H31N3O4S/c1-20-13-14-23(35(32,33)29(2)25-11-7-8-12-26(25)34-3)17-24(20)27(31)28-22-15-16-30(19-22)18-21-9-5-4-6-10-21/h4-14,17,22H,15-16,18-19H2,1-3H3,(H,28,31)/t22-/m1/s1. The highest BCUT2D eigenvalue weighted by atomic mass is 32.2. The van der Waals surface area contributed by atoms with Crippen molar-refractivity contribution in [2.45, 2.75) is 30.8 Å². The summed E-state index contributed by atoms with van der Waals surface area (Å²) in [6, 6.07) is 21.9. The van der Waals surface area contributed by atoms with E-state index in [1.165, 1.54) is 36.2 Å². The maximum atomic E-state index is 13.4. The molecular weight excluding hydrogens is 462 g/mol. The Bertz CT molecular complexity index is 1290. The van der Waals surface area contributed by atoms with Crippen LogP contribution in [0.25, 0.3) is 0 Å². The number of anilines is 1. The lowest BCUT2D eigenvalue weighted by Crippen LogP contribution is -2.37. The number of aryl methyl sites for hydroxylation is 1. The largest absolute Gasteiger partial charge is 0.495 e. The molecule has 4 rings (SSSR count). The average Bonchev–Trinajstić information content (AvgIpc) is 3.30. The van der Waals surface area contributed by atoms with Crippen LogP contribution in [0, 0.1) is 6.92 Å². The molecule has 1 aliphatic heterocycles. The summed E-state index contributed by atoms with van der Waals surface area (Å²) in [7, 11) is -0.926. The van der Waals surface area contributed by atoms with E-state index < -0.39 is 10.0 Å². The molecule has 0 radical (unpaired) electrons. The van der Waals surface area contributed by atoms with Gasteiger partial charge in [0, 0.05) is 38.3 Å². The van der Waals surface area contributed by atoms with E-state index in [9.17, 15) is 13.2 Å². The number of sulfonamides is 1. The van der Waals surface area contributed by atoms with E-state index in [1.807, 2.05) is 25.1 Å². The van der Waals surface area contributed by atoms with Gasteiger partial charge in [0.25, 0.3) is 15.9 Å². The summed E-state index contributed by atoms with van der Waals surface area (Å²) >= 11 is 0. The molecule has 0 aliphatic carbocycles. The molecule has 7 nitrogen and oxygen atoms in total. The zero-order valence-corrected chi connectivity index (χ0v) is 21.1. The van der Waals surface area contributed by atoms with Crippen molar-refractivity contribution in [3.63, 3.8) is 0 Å². The first-order valence-electron chi connectivity index (χ1n) is 11.6. The molecule has 0 aromatic heterocycles. The number of amides is 1. The fourth-order valence-electron chi connectivity index (χ4n) is 4.38. The van der Waals surface area contributed by atoms with Crippen molar-refractivity contribution in [1.29, 1.82) is 0 Å². The third-order valence-electron chi connectivity index (χ3n) is 6.39. The van der Waals surface area contributed by atoms with Crippen LogP contribution >= 0.6 is 0 Å². The Morgan fingerprint density at radius 1 is 1.09 bits per heavy atom. The van der Waals surface area contributed by atoms with E-state index in [0.29, 0.717) is 17.0 Å². The van der Waals surface area contributed by atoms with Crippen LogP contribution in [0.1, 0.15) is 27.9 Å². The van der Waals surface area contributed by atoms with Crippen LogP contribution in [0.15, 0.2) is 77.7 Å². The molecule has 0 spiro atoms. The van der Waals surface area contributed by atoms with Gasteiger partial charge < -0.3 is 10.1 Å². The molecule has 1 atom stereocenters. The van der Waals surface area contributed by atoms with Crippen LogP contribution in [0.5, 0.6) is 5.75 Å². The van der Waals surface area contributed by atoms with Crippen LogP contribution in [0.4, 0.5) is 5.69 Å². The summed E-state index contributed by atoms with van der Waals surface area (Å²) < 4.78 is 33.3. The minimum absolute atomic E-state index is 0.0159. The highest BCUT2D eigenvalue weighted by Gasteiger charge is 2.27.